The zero-order valence-electron chi connectivity index (χ0n) is 11.2. The van der Waals surface area contributed by atoms with Crippen molar-refractivity contribution in [3.05, 3.63) is 0 Å². The molecule has 7 nitrogen and oxygen atoms in total. The number of aliphatic carboxylic acids is 1. The molecule has 2 rings (SSSR count). The van der Waals surface area contributed by atoms with Crippen molar-refractivity contribution in [1.82, 2.24) is 15.1 Å². The Morgan fingerprint density at radius 2 is 2.00 bits per heavy atom. The third kappa shape index (κ3) is 3.43. The second-order valence-corrected chi connectivity index (χ2v) is 4.96. The van der Waals surface area contributed by atoms with E-state index in [2.05, 4.69) is 5.32 Å². The summed E-state index contributed by atoms with van der Waals surface area (Å²) in [5.41, 5.74) is 0. The number of carbonyl (C=O) groups is 2. The molecule has 2 heterocycles. The number of hydrogen-bond acceptors (Lipinski definition) is 5. The first-order chi connectivity index (χ1) is 9.09. The van der Waals surface area contributed by atoms with E-state index < -0.39 is 12.0 Å². The number of carbonyl (C=O) groups excluding carboxylic acids is 1. The fraction of sp³-hybridized carbons (Fsp3) is 0.833. The van der Waals surface area contributed by atoms with Crippen LogP contribution in [0.3, 0.4) is 0 Å². The Morgan fingerprint density at radius 3 is 2.53 bits per heavy atom. The molecule has 2 N–H and O–H groups in total. The van der Waals surface area contributed by atoms with Gasteiger partial charge < -0.3 is 20.1 Å². The fourth-order valence-corrected chi connectivity index (χ4v) is 2.43. The van der Waals surface area contributed by atoms with Crippen molar-refractivity contribution in [2.75, 3.05) is 45.9 Å². The molecular weight excluding hydrogens is 250 g/mol. The van der Waals surface area contributed by atoms with E-state index in [4.69, 9.17) is 9.84 Å². The van der Waals surface area contributed by atoms with Gasteiger partial charge in [-0.2, -0.15) is 0 Å². The van der Waals surface area contributed by atoms with Crippen LogP contribution in [0, 0.1) is 0 Å². The standard InChI is InChI=1S/C12H21N3O4/c1-9(12(17)18)14-3-5-15(6-4-14)11(16)10-8-19-7-2-13-10/h9-10,13H,2-8H2,1H3,(H,17,18). The van der Waals surface area contributed by atoms with Gasteiger partial charge in [0, 0.05) is 32.7 Å². The molecule has 0 aliphatic carbocycles. The summed E-state index contributed by atoms with van der Waals surface area (Å²) in [6, 6.07) is -0.745. The molecule has 2 aliphatic rings. The van der Waals surface area contributed by atoms with Crippen molar-refractivity contribution in [2.45, 2.75) is 19.0 Å². The summed E-state index contributed by atoms with van der Waals surface area (Å²) in [4.78, 5) is 26.8. The van der Waals surface area contributed by atoms with Crippen molar-refractivity contribution in [3.8, 4) is 0 Å². The van der Waals surface area contributed by atoms with Crippen LogP contribution in [0.2, 0.25) is 0 Å². The fourth-order valence-electron chi connectivity index (χ4n) is 2.43. The number of carboxylic acids is 1. The van der Waals surface area contributed by atoms with E-state index in [1.54, 1.807) is 11.8 Å². The molecule has 2 atom stereocenters. The minimum atomic E-state index is -0.817. The molecule has 7 heteroatoms. The molecule has 0 spiro atoms. The number of nitrogens with one attached hydrogen (secondary N) is 1. The molecule has 108 valence electrons. The first kappa shape index (κ1) is 14.2. The largest absolute Gasteiger partial charge is 0.480 e. The van der Waals surface area contributed by atoms with Crippen LogP contribution in [-0.4, -0.2) is 84.8 Å². The van der Waals surface area contributed by atoms with Gasteiger partial charge in [-0.15, -0.1) is 0 Å². The predicted octanol–water partition coefficient (Wildman–Crippen LogP) is -1.41. The molecule has 0 aromatic rings. The molecule has 0 saturated carbocycles. The number of nitrogens with zero attached hydrogens (tertiary/aromatic N) is 2. The highest BCUT2D eigenvalue weighted by Crippen LogP contribution is 2.09. The number of morpholine rings is 1. The molecule has 2 unspecified atom stereocenters. The van der Waals surface area contributed by atoms with Crippen molar-refractivity contribution in [3.63, 3.8) is 0 Å². The maximum atomic E-state index is 12.2. The van der Waals surface area contributed by atoms with Gasteiger partial charge in [0.25, 0.3) is 0 Å². The van der Waals surface area contributed by atoms with Crippen LogP contribution < -0.4 is 5.32 Å². The summed E-state index contributed by atoms with van der Waals surface area (Å²) in [6.07, 6.45) is 0. The average molecular weight is 271 g/mol. The van der Waals surface area contributed by atoms with Gasteiger partial charge in [0.1, 0.15) is 12.1 Å². The number of rotatable bonds is 3. The third-order valence-corrected chi connectivity index (χ3v) is 3.75. The van der Waals surface area contributed by atoms with E-state index in [1.807, 2.05) is 4.90 Å². The smallest absolute Gasteiger partial charge is 0.320 e. The second kappa shape index (κ2) is 6.31. The van der Waals surface area contributed by atoms with Crippen LogP contribution in [0.15, 0.2) is 0 Å². The van der Waals surface area contributed by atoms with Gasteiger partial charge in [-0.3, -0.25) is 14.5 Å². The van der Waals surface area contributed by atoms with Crippen LogP contribution in [0.4, 0.5) is 0 Å². The topological polar surface area (TPSA) is 82.1 Å². The lowest BCUT2D eigenvalue weighted by Gasteiger charge is -2.38. The lowest BCUT2D eigenvalue weighted by molar-refractivity contribution is -0.144. The number of carboxylic acid groups (broad SMARTS) is 1. The minimum absolute atomic E-state index is 0.0577. The van der Waals surface area contributed by atoms with E-state index >= 15 is 0 Å². The van der Waals surface area contributed by atoms with E-state index in [1.165, 1.54) is 0 Å². The van der Waals surface area contributed by atoms with E-state index in [0.29, 0.717) is 45.9 Å². The summed E-state index contributed by atoms with van der Waals surface area (Å²) >= 11 is 0. The Balaban J connectivity index is 1.82. The van der Waals surface area contributed by atoms with Crippen molar-refractivity contribution >= 4 is 11.9 Å². The van der Waals surface area contributed by atoms with Crippen LogP contribution in [0.25, 0.3) is 0 Å². The van der Waals surface area contributed by atoms with E-state index in [0.717, 1.165) is 0 Å². The van der Waals surface area contributed by atoms with Crippen LogP contribution in [0.1, 0.15) is 6.92 Å². The van der Waals surface area contributed by atoms with Gasteiger partial charge >= 0.3 is 5.97 Å². The first-order valence-corrected chi connectivity index (χ1v) is 6.66. The zero-order valence-corrected chi connectivity index (χ0v) is 11.2. The molecule has 0 radical (unpaired) electrons. The highest BCUT2D eigenvalue weighted by molar-refractivity contribution is 5.82. The Hall–Kier alpha value is -1.18. The normalized spacial score (nSPS) is 27.0. The Labute approximate surface area is 112 Å². The number of amides is 1. The van der Waals surface area contributed by atoms with Gasteiger partial charge in [0.15, 0.2) is 0 Å². The third-order valence-electron chi connectivity index (χ3n) is 3.75. The highest BCUT2D eigenvalue weighted by atomic mass is 16.5. The van der Waals surface area contributed by atoms with Crippen molar-refractivity contribution < 1.29 is 19.4 Å². The summed E-state index contributed by atoms with van der Waals surface area (Å²) in [5, 5.41) is 12.1. The number of piperazine rings is 1. The molecular formula is C12H21N3O4. The maximum Gasteiger partial charge on any atom is 0.320 e. The molecule has 0 bridgehead atoms. The van der Waals surface area contributed by atoms with E-state index in [-0.39, 0.29) is 11.9 Å². The molecule has 2 saturated heterocycles. The summed E-state index contributed by atoms with van der Waals surface area (Å²) < 4.78 is 5.29. The quantitative estimate of drug-likeness (QED) is 0.656. The Bertz CT molecular complexity index is 336. The Kier molecular flexibility index (Phi) is 4.73. The highest BCUT2D eigenvalue weighted by Gasteiger charge is 2.31. The number of ether oxygens (including phenoxy) is 1. The molecule has 1 amide bonds. The van der Waals surface area contributed by atoms with Gasteiger partial charge in [-0.05, 0) is 6.92 Å². The van der Waals surface area contributed by atoms with Gasteiger partial charge in [-0.1, -0.05) is 0 Å². The first-order valence-electron chi connectivity index (χ1n) is 6.66. The second-order valence-electron chi connectivity index (χ2n) is 4.96. The lowest BCUT2D eigenvalue weighted by Crippen LogP contribution is -2.58. The molecule has 0 aromatic heterocycles. The molecule has 19 heavy (non-hydrogen) atoms. The molecule has 2 aliphatic heterocycles. The molecule has 2 fully saturated rings. The lowest BCUT2D eigenvalue weighted by atomic mass is 10.2. The zero-order chi connectivity index (χ0) is 13.8. The summed E-state index contributed by atoms with van der Waals surface area (Å²) in [5.74, 6) is -0.760. The van der Waals surface area contributed by atoms with Crippen LogP contribution in [0.5, 0.6) is 0 Å². The van der Waals surface area contributed by atoms with Gasteiger partial charge in [-0.25, -0.2) is 0 Å². The Morgan fingerprint density at radius 1 is 1.32 bits per heavy atom. The SMILES string of the molecule is CC(C(=O)O)N1CCN(C(=O)C2COCCN2)CC1. The van der Waals surface area contributed by atoms with Gasteiger partial charge in [0.05, 0.1) is 13.2 Å². The maximum absolute atomic E-state index is 12.2. The predicted molar refractivity (Wildman–Crippen MR) is 67.9 cm³/mol. The van der Waals surface area contributed by atoms with Crippen LogP contribution in [-0.2, 0) is 14.3 Å². The van der Waals surface area contributed by atoms with Crippen LogP contribution >= 0.6 is 0 Å². The van der Waals surface area contributed by atoms with E-state index in [9.17, 15) is 9.59 Å². The van der Waals surface area contributed by atoms with Gasteiger partial charge in [0.2, 0.25) is 5.91 Å². The number of hydrogen-bond donors (Lipinski definition) is 2. The summed E-state index contributed by atoms with van der Waals surface area (Å²) in [6.45, 7) is 5.81. The minimum Gasteiger partial charge on any atom is -0.480 e. The van der Waals surface area contributed by atoms with Crippen molar-refractivity contribution in [2.24, 2.45) is 0 Å². The van der Waals surface area contributed by atoms with Crippen molar-refractivity contribution in [1.29, 1.82) is 0 Å². The average Bonchev–Trinajstić information content (AvgIpc) is 2.46. The summed E-state index contributed by atoms with van der Waals surface area (Å²) in [7, 11) is 0. The monoisotopic (exact) mass is 271 g/mol. The molecule has 0 aromatic carbocycles.